The lowest BCUT2D eigenvalue weighted by atomic mass is 9.95. The average Bonchev–Trinajstić information content (AvgIpc) is 2.85. The monoisotopic (exact) mass is 483 g/mol. The maximum Gasteiger partial charge on any atom is 0.243 e. The molecule has 2 saturated heterocycles. The van der Waals surface area contributed by atoms with Crippen LogP contribution in [0, 0.1) is 25.7 Å². The summed E-state index contributed by atoms with van der Waals surface area (Å²) < 4.78 is 27.6. The van der Waals surface area contributed by atoms with Crippen LogP contribution < -0.4 is 5.32 Å². The molecule has 184 valence electrons. The molecular weight excluding hydrogens is 446 g/mol. The van der Waals surface area contributed by atoms with Gasteiger partial charge in [0.1, 0.15) is 0 Å². The Bertz CT molecular complexity index is 1080. The highest BCUT2D eigenvalue weighted by Gasteiger charge is 2.32. The van der Waals surface area contributed by atoms with E-state index in [-0.39, 0.29) is 11.8 Å². The van der Waals surface area contributed by atoms with Gasteiger partial charge in [0.15, 0.2) is 0 Å². The van der Waals surface area contributed by atoms with E-state index in [1.165, 1.54) is 9.87 Å². The maximum absolute atomic E-state index is 13.0. The quantitative estimate of drug-likeness (QED) is 0.652. The molecule has 1 amide bonds. The second-order valence-electron chi connectivity index (χ2n) is 9.90. The molecule has 34 heavy (non-hydrogen) atoms. The molecule has 1 unspecified atom stereocenters. The molecule has 1 N–H and O–H groups in total. The number of nitrogens with one attached hydrogen (secondary N) is 1. The molecule has 0 aromatic heterocycles. The number of hydrogen-bond acceptors (Lipinski definition) is 4. The molecule has 2 aromatic rings. The van der Waals surface area contributed by atoms with Gasteiger partial charge in [-0.05, 0) is 80.8 Å². The fourth-order valence-corrected chi connectivity index (χ4v) is 6.63. The smallest absolute Gasteiger partial charge is 0.243 e. The molecule has 2 aliphatic heterocycles. The van der Waals surface area contributed by atoms with Crippen LogP contribution in [0.25, 0.3) is 0 Å². The highest BCUT2D eigenvalue weighted by atomic mass is 32.2. The van der Waals surface area contributed by atoms with Gasteiger partial charge in [0, 0.05) is 38.6 Å². The van der Waals surface area contributed by atoms with E-state index in [4.69, 9.17) is 0 Å². The molecule has 1 atom stereocenters. The Labute approximate surface area is 204 Å². The van der Waals surface area contributed by atoms with Gasteiger partial charge < -0.3 is 5.32 Å². The van der Waals surface area contributed by atoms with Gasteiger partial charge in [0.25, 0.3) is 0 Å². The summed E-state index contributed by atoms with van der Waals surface area (Å²) in [5, 5.41) is 3.17. The molecule has 2 fully saturated rings. The summed E-state index contributed by atoms with van der Waals surface area (Å²) in [5.41, 5.74) is 3.38. The molecule has 7 heteroatoms. The van der Waals surface area contributed by atoms with E-state index in [2.05, 4.69) is 34.5 Å². The van der Waals surface area contributed by atoms with Crippen molar-refractivity contribution in [3.63, 3.8) is 0 Å². The van der Waals surface area contributed by atoms with Gasteiger partial charge in [-0.3, -0.25) is 9.69 Å². The molecule has 0 aliphatic carbocycles. The lowest BCUT2D eigenvalue weighted by molar-refractivity contribution is -0.126. The zero-order valence-electron chi connectivity index (χ0n) is 20.4. The molecule has 2 aromatic carbocycles. The number of carbonyl (C=O) groups excluding carboxylic acids is 1. The largest absolute Gasteiger partial charge is 0.356 e. The van der Waals surface area contributed by atoms with E-state index < -0.39 is 10.0 Å². The molecule has 4 rings (SSSR count). The number of aryl methyl sites for hydroxylation is 2. The third kappa shape index (κ3) is 6.06. The van der Waals surface area contributed by atoms with E-state index in [0.29, 0.717) is 43.3 Å². The normalized spacial score (nSPS) is 20.8. The Balaban J connectivity index is 1.24. The summed E-state index contributed by atoms with van der Waals surface area (Å²) in [6.07, 6.45) is 3.43. The maximum atomic E-state index is 13.0. The molecular formula is C27H37N3O3S. The number of rotatable bonds is 7. The second-order valence-corrected chi connectivity index (χ2v) is 11.8. The zero-order chi connectivity index (χ0) is 24.1. The lowest BCUT2D eigenvalue weighted by Crippen LogP contribution is -2.45. The van der Waals surface area contributed by atoms with Crippen LogP contribution in [0.1, 0.15) is 42.4 Å². The summed E-state index contributed by atoms with van der Waals surface area (Å²) in [6, 6.07) is 15.8. The molecule has 0 saturated carbocycles. The predicted octanol–water partition coefficient (Wildman–Crippen LogP) is 3.73. The van der Waals surface area contributed by atoms with Gasteiger partial charge in [-0.2, -0.15) is 4.31 Å². The van der Waals surface area contributed by atoms with E-state index in [9.17, 15) is 13.2 Å². The average molecular weight is 484 g/mol. The number of carbonyl (C=O) groups is 1. The van der Waals surface area contributed by atoms with E-state index >= 15 is 0 Å². The first-order valence-electron chi connectivity index (χ1n) is 12.4. The third-order valence-corrected chi connectivity index (χ3v) is 9.25. The summed E-state index contributed by atoms with van der Waals surface area (Å²) >= 11 is 0. The van der Waals surface area contributed by atoms with Crippen LogP contribution in [0.3, 0.4) is 0 Å². The highest BCUT2D eigenvalue weighted by molar-refractivity contribution is 7.89. The van der Waals surface area contributed by atoms with Gasteiger partial charge in [-0.1, -0.05) is 36.4 Å². The van der Waals surface area contributed by atoms with Crippen LogP contribution in [0.5, 0.6) is 0 Å². The fourth-order valence-electron chi connectivity index (χ4n) is 5.07. The first-order chi connectivity index (χ1) is 16.3. The van der Waals surface area contributed by atoms with Gasteiger partial charge in [0.2, 0.25) is 15.9 Å². The van der Waals surface area contributed by atoms with Crippen molar-refractivity contribution in [3.8, 4) is 0 Å². The van der Waals surface area contributed by atoms with Gasteiger partial charge in [-0.15, -0.1) is 0 Å². The molecule has 2 aliphatic rings. The molecule has 0 bridgehead atoms. The van der Waals surface area contributed by atoms with Gasteiger partial charge in [0.05, 0.1) is 4.90 Å². The van der Waals surface area contributed by atoms with Crippen LogP contribution in [0.4, 0.5) is 0 Å². The van der Waals surface area contributed by atoms with Gasteiger partial charge >= 0.3 is 0 Å². The van der Waals surface area contributed by atoms with E-state index in [1.54, 1.807) is 12.1 Å². The SMILES string of the molecule is Cc1ccc(S(=O)(=O)N2CCC(C(=O)NCC3CCCN(Cc4ccccc4)C3)CC2)cc1C. The van der Waals surface area contributed by atoms with Crippen molar-refractivity contribution < 1.29 is 13.2 Å². The first-order valence-corrected chi connectivity index (χ1v) is 13.9. The van der Waals surface area contributed by atoms with Crippen molar-refractivity contribution in [2.75, 3.05) is 32.7 Å². The minimum absolute atomic E-state index is 0.0726. The molecule has 6 nitrogen and oxygen atoms in total. The Hall–Kier alpha value is -2.22. The van der Waals surface area contributed by atoms with Crippen LogP contribution in [-0.4, -0.2) is 56.3 Å². The summed E-state index contributed by atoms with van der Waals surface area (Å²) in [6.45, 7) is 8.45. The summed E-state index contributed by atoms with van der Waals surface area (Å²) in [7, 11) is -3.52. The van der Waals surface area contributed by atoms with Crippen molar-refractivity contribution in [1.29, 1.82) is 0 Å². The first kappa shape index (κ1) is 24.9. The van der Waals surface area contributed by atoms with Crippen molar-refractivity contribution in [1.82, 2.24) is 14.5 Å². The predicted molar refractivity (Wildman–Crippen MR) is 135 cm³/mol. The molecule has 2 heterocycles. The number of sulfonamides is 1. The summed E-state index contributed by atoms with van der Waals surface area (Å²) in [4.78, 5) is 15.7. The van der Waals surface area contributed by atoms with Crippen LogP contribution in [0.15, 0.2) is 53.4 Å². The minimum Gasteiger partial charge on any atom is -0.356 e. The Morgan fingerprint density at radius 2 is 1.71 bits per heavy atom. The minimum atomic E-state index is -3.52. The highest BCUT2D eigenvalue weighted by Crippen LogP contribution is 2.25. The van der Waals surface area contributed by atoms with Crippen LogP contribution in [-0.2, 0) is 21.4 Å². The van der Waals surface area contributed by atoms with Crippen LogP contribution in [0.2, 0.25) is 0 Å². The lowest BCUT2D eigenvalue weighted by Gasteiger charge is -2.34. The third-order valence-electron chi connectivity index (χ3n) is 7.36. The van der Waals surface area contributed by atoms with Crippen LogP contribution >= 0.6 is 0 Å². The van der Waals surface area contributed by atoms with E-state index in [0.717, 1.165) is 43.6 Å². The Morgan fingerprint density at radius 1 is 0.971 bits per heavy atom. The molecule has 0 spiro atoms. The second kappa shape index (κ2) is 11.0. The Kier molecular flexibility index (Phi) is 8.06. The van der Waals surface area contributed by atoms with E-state index in [1.807, 2.05) is 26.0 Å². The standard InChI is InChI=1S/C27H37N3O3S/c1-21-10-11-26(17-22(21)2)34(32,33)30-15-12-25(13-16-30)27(31)28-18-24-9-6-14-29(20-24)19-23-7-4-3-5-8-23/h3-5,7-8,10-11,17,24-25H,6,9,12-16,18-20H2,1-2H3,(H,28,31). The van der Waals surface area contributed by atoms with Crippen molar-refractivity contribution in [2.45, 2.75) is 51.0 Å². The van der Waals surface area contributed by atoms with Crippen molar-refractivity contribution >= 4 is 15.9 Å². The number of nitrogens with zero attached hydrogens (tertiary/aromatic N) is 2. The number of hydrogen-bond donors (Lipinski definition) is 1. The number of benzene rings is 2. The summed E-state index contributed by atoms with van der Waals surface area (Å²) in [5.74, 6) is 0.422. The number of piperidine rings is 2. The number of amides is 1. The van der Waals surface area contributed by atoms with Gasteiger partial charge in [-0.25, -0.2) is 8.42 Å². The van der Waals surface area contributed by atoms with Crippen molar-refractivity contribution in [3.05, 3.63) is 65.2 Å². The zero-order valence-corrected chi connectivity index (χ0v) is 21.2. The Morgan fingerprint density at radius 3 is 2.41 bits per heavy atom. The molecule has 0 radical (unpaired) electrons. The van der Waals surface area contributed by atoms with Crippen molar-refractivity contribution in [2.24, 2.45) is 11.8 Å². The number of likely N-dealkylation sites (tertiary alicyclic amines) is 1. The fraction of sp³-hybridized carbons (Fsp3) is 0.519. The topological polar surface area (TPSA) is 69.7 Å².